The minimum Gasteiger partial charge on any atom is -0.305 e. The fourth-order valence-electron chi connectivity index (χ4n) is 2.90. The maximum Gasteiger partial charge on any atom is 0.249 e. The van der Waals surface area contributed by atoms with Crippen LogP contribution >= 0.6 is 11.3 Å². The molecule has 5 aromatic rings. The van der Waals surface area contributed by atoms with Crippen LogP contribution in [0.1, 0.15) is 4.88 Å². The Bertz CT molecular complexity index is 1330. The molecule has 0 atom stereocenters. The molecule has 0 radical (unpaired) electrons. The fourth-order valence-corrected chi connectivity index (χ4v) is 3.76. The highest BCUT2D eigenvalue weighted by molar-refractivity contribution is 7.15. The molecule has 0 aliphatic carbocycles. The first-order valence-corrected chi connectivity index (χ1v) is 8.78. The second kappa shape index (κ2) is 5.57. The van der Waals surface area contributed by atoms with Gasteiger partial charge in [-0.05, 0) is 37.3 Å². The molecule has 0 aliphatic rings. The molecular formula is C18H12N6OS. The van der Waals surface area contributed by atoms with Crippen LogP contribution in [-0.2, 0) is 0 Å². The number of thiophene rings is 1. The first-order valence-electron chi connectivity index (χ1n) is 7.96. The zero-order valence-electron chi connectivity index (χ0n) is 13.6. The number of hydrogen-bond donors (Lipinski definition) is 2. The zero-order valence-corrected chi connectivity index (χ0v) is 14.5. The Morgan fingerprint density at radius 3 is 2.69 bits per heavy atom. The predicted octanol–water partition coefficient (Wildman–Crippen LogP) is 3.29. The van der Waals surface area contributed by atoms with Gasteiger partial charge in [0.25, 0.3) is 0 Å². The summed E-state index contributed by atoms with van der Waals surface area (Å²) in [6.45, 7) is 2.05. The number of aromatic nitrogens is 6. The summed E-state index contributed by atoms with van der Waals surface area (Å²) in [5, 5.41) is 10.7. The van der Waals surface area contributed by atoms with Gasteiger partial charge in [0.15, 0.2) is 5.65 Å². The Morgan fingerprint density at radius 2 is 1.85 bits per heavy atom. The number of hydrogen-bond acceptors (Lipinski definition) is 6. The molecule has 5 rings (SSSR count). The van der Waals surface area contributed by atoms with Crippen molar-refractivity contribution in [2.75, 3.05) is 0 Å². The molecule has 0 saturated heterocycles. The van der Waals surface area contributed by atoms with Gasteiger partial charge in [-0.1, -0.05) is 11.3 Å². The van der Waals surface area contributed by atoms with Crippen LogP contribution in [0.25, 0.3) is 44.0 Å². The highest BCUT2D eigenvalue weighted by Gasteiger charge is 2.16. The Labute approximate surface area is 150 Å². The van der Waals surface area contributed by atoms with Crippen LogP contribution in [0.5, 0.6) is 0 Å². The summed E-state index contributed by atoms with van der Waals surface area (Å²) in [6, 6.07) is 13.0. The van der Waals surface area contributed by atoms with E-state index in [0.717, 1.165) is 32.9 Å². The summed E-state index contributed by atoms with van der Waals surface area (Å²) < 4.78 is 0. The standard InChI is InChI=1S/C18H12N6OS/c1-9-2-6-14(26-9)17-16(10-3-4-11-13(8-10)23-24-22-11)19-12-5-7-15(25)20-18(12)21-17/h2-8H,1H3,(H,20,21,25)(H,22,23,24). The van der Waals surface area contributed by atoms with E-state index in [1.165, 1.54) is 10.9 Å². The van der Waals surface area contributed by atoms with E-state index < -0.39 is 0 Å². The summed E-state index contributed by atoms with van der Waals surface area (Å²) in [5.74, 6) is 0. The first-order chi connectivity index (χ1) is 12.7. The molecule has 0 bridgehead atoms. The highest BCUT2D eigenvalue weighted by Crippen LogP contribution is 2.35. The number of rotatable bonds is 2. The lowest BCUT2D eigenvalue weighted by Gasteiger charge is -2.09. The number of aryl methyl sites for hydroxylation is 1. The Morgan fingerprint density at radius 1 is 0.962 bits per heavy atom. The van der Waals surface area contributed by atoms with Crippen molar-refractivity contribution >= 4 is 33.5 Å². The minimum atomic E-state index is -0.196. The molecule has 2 N–H and O–H groups in total. The number of nitrogens with one attached hydrogen (secondary N) is 2. The van der Waals surface area contributed by atoms with Crippen LogP contribution in [0.3, 0.4) is 0 Å². The summed E-state index contributed by atoms with van der Waals surface area (Å²) in [4.78, 5) is 26.1. The Kier molecular flexibility index (Phi) is 3.19. The van der Waals surface area contributed by atoms with Gasteiger partial charge in [0, 0.05) is 16.5 Å². The number of benzene rings is 1. The van der Waals surface area contributed by atoms with Gasteiger partial charge in [-0.25, -0.2) is 9.97 Å². The SMILES string of the molecule is Cc1ccc(-c2nc3[nH]c(=O)ccc3nc2-c2ccc3nn[nH]c3c2)s1. The zero-order chi connectivity index (χ0) is 17.7. The maximum absolute atomic E-state index is 11.7. The minimum absolute atomic E-state index is 0.196. The molecule has 1 aromatic carbocycles. The third kappa shape index (κ3) is 2.39. The second-order valence-corrected chi connectivity index (χ2v) is 7.22. The van der Waals surface area contributed by atoms with Crippen LogP contribution in [0.15, 0.2) is 47.3 Å². The van der Waals surface area contributed by atoms with Crippen LogP contribution in [0.4, 0.5) is 0 Å². The van der Waals surface area contributed by atoms with Crippen molar-refractivity contribution in [2.45, 2.75) is 6.92 Å². The average Bonchev–Trinajstić information content (AvgIpc) is 3.28. The van der Waals surface area contributed by atoms with Crippen molar-refractivity contribution in [3.63, 3.8) is 0 Å². The van der Waals surface area contributed by atoms with Gasteiger partial charge in [0.1, 0.15) is 16.7 Å². The predicted molar refractivity (Wildman–Crippen MR) is 101 cm³/mol. The van der Waals surface area contributed by atoms with E-state index in [9.17, 15) is 4.79 Å². The lowest BCUT2D eigenvalue weighted by atomic mass is 10.1. The highest BCUT2D eigenvalue weighted by atomic mass is 32.1. The number of fused-ring (bicyclic) bond motifs is 2. The molecule has 0 amide bonds. The summed E-state index contributed by atoms with van der Waals surface area (Å²) in [5.41, 5.74) is 4.95. The van der Waals surface area contributed by atoms with Crippen molar-refractivity contribution in [3.05, 3.63) is 57.7 Å². The van der Waals surface area contributed by atoms with Gasteiger partial charge in [0.05, 0.1) is 16.1 Å². The van der Waals surface area contributed by atoms with E-state index in [-0.39, 0.29) is 5.56 Å². The Hall–Kier alpha value is -3.39. The molecule has 0 saturated carbocycles. The number of aromatic amines is 2. The quantitative estimate of drug-likeness (QED) is 0.503. The molecule has 8 heteroatoms. The summed E-state index contributed by atoms with van der Waals surface area (Å²) in [7, 11) is 0. The largest absolute Gasteiger partial charge is 0.305 e. The van der Waals surface area contributed by atoms with Crippen LogP contribution < -0.4 is 5.56 Å². The molecule has 0 spiro atoms. The van der Waals surface area contributed by atoms with Crippen LogP contribution in [-0.4, -0.2) is 30.4 Å². The first kappa shape index (κ1) is 14.9. The van der Waals surface area contributed by atoms with E-state index in [0.29, 0.717) is 11.2 Å². The van der Waals surface area contributed by atoms with Crippen molar-refractivity contribution in [1.29, 1.82) is 0 Å². The second-order valence-electron chi connectivity index (χ2n) is 5.93. The lowest BCUT2D eigenvalue weighted by molar-refractivity contribution is 0.959. The number of nitrogens with zero attached hydrogens (tertiary/aromatic N) is 4. The molecule has 0 unspecified atom stereocenters. The third-order valence-electron chi connectivity index (χ3n) is 4.13. The van der Waals surface area contributed by atoms with Gasteiger partial charge in [0.2, 0.25) is 5.56 Å². The fraction of sp³-hybridized carbons (Fsp3) is 0.0556. The average molecular weight is 360 g/mol. The van der Waals surface area contributed by atoms with Gasteiger partial charge in [-0.15, -0.1) is 16.4 Å². The maximum atomic E-state index is 11.7. The Balaban J connectivity index is 1.83. The van der Waals surface area contributed by atoms with Crippen molar-refractivity contribution in [1.82, 2.24) is 30.4 Å². The number of pyridine rings is 1. The number of H-pyrrole nitrogens is 2. The topological polar surface area (TPSA) is 100 Å². The van der Waals surface area contributed by atoms with Crippen molar-refractivity contribution in [3.8, 4) is 21.8 Å². The van der Waals surface area contributed by atoms with Crippen LogP contribution in [0.2, 0.25) is 0 Å². The van der Waals surface area contributed by atoms with Gasteiger partial charge >= 0.3 is 0 Å². The lowest BCUT2D eigenvalue weighted by Crippen LogP contribution is -2.06. The van der Waals surface area contributed by atoms with E-state index in [1.807, 2.05) is 37.3 Å². The smallest absolute Gasteiger partial charge is 0.249 e. The molecule has 126 valence electrons. The summed E-state index contributed by atoms with van der Waals surface area (Å²) in [6.07, 6.45) is 0. The molecular weight excluding hydrogens is 348 g/mol. The molecule has 0 aliphatic heterocycles. The molecule has 4 heterocycles. The molecule has 7 nitrogen and oxygen atoms in total. The van der Waals surface area contributed by atoms with E-state index in [4.69, 9.17) is 9.97 Å². The molecule has 0 fully saturated rings. The summed E-state index contributed by atoms with van der Waals surface area (Å²) >= 11 is 1.64. The normalized spacial score (nSPS) is 11.4. The monoisotopic (exact) mass is 360 g/mol. The third-order valence-corrected chi connectivity index (χ3v) is 5.14. The van der Waals surface area contributed by atoms with Gasteiger partial charge < -0.3 is 4.98 Å². The van der Waals surface area contributed by atoms with Crippen LogP contribution in [0, 0.1) is 6.92 Å². The van der Waals surface area contributed by atoms with Crippen molar-refractivity contribution < 1.29 is 0 Å². The molecule has 26 heavy (non-hydrogen) atoms. The molecule has 4 aromatic heterocycles. The van der Waals surface area contributed by atoms with E-state index >= 15 is 0 Å². The van der Waals surface area contributed by atoms with Gasteiger partial charge in [-0.2, -0.15) is 0 Å². The van der Waals surface area contributed by atoms with Gasteiger partial charge in [-0.3, -0.25) is 9.89 Å². The van der Waals surface area contributed by atoms with E-state index in [1.54, 1.807) is 17.4 Å². The van der Waals surface area contributed by atoms with E-state index in [2.05, 4.69) is 20.4 Å². The van der Waals surface area contributed by atoms with Crippen molar-refractivity contribution in [2.24, 2.45) is 0 Å².